The Morgan fingerprint density at radius 2 is 2.00 bits per heavy atom. The summed E-state index contributed by atoms with van der Waals surface area (Å²) >= 11 is 11.4. The molecule has 1 aliphatic heterocycles. The number of carbonyl (C=O) groups is 2. The van der Waals surface area contributed by atoms with Crippen LogP contribution in [-0.4, -0.2) is 41.6 Å². The lowest BCUT2D eigenvalue weighted by molar-refractivity contribution is -0.103. The van der Waals surface area contributed by atoms with Gasteiger partial charge in [0.2, 0.25) is 0 Å². The van der Waals surface area contributed by atoms with Crippen LogP contribution in [0.5, 0.6) is 0 Å². The molecule has 1 aromatic carbocycles. The maximum absolute atomic E-state index is 12.4. The van der Waals surface area contributed by atoms with Crippen LogP contribution < -0.4 is 0 Å². The number of rotatable bonds is 0. The van der Waals surface area contributed by atoms with Crippen molar-refractivity contribution in [1.29, 1.82) is 0 Å². The molecule has 118 valence electrons. The van der Waals surface area contributed by atoms with Crippen molar-refractivity contribution in [3.8, 4) is 11.8 Å². The molecule has 1 saturated heterocycles. The Bertz CT molecular complexity index is 590. The number of aldehydes is 1. The third-order valence-corrected chi connectivity index (χ3v) is 3.44. The predicted molar refractivity (Wildman–Crippen MR) is 83.1 cm³/mol. The summed E-state index contributed by atoms with van der Waals surface area (Å²) in [5.41, 5.74) is 0.605. The summed E-state index contributed by atoms with van der Waals surface area (Å²) in [6.07, 6.45) is -0.508. The number of likely N-dealkylation sites (tertiary alicyclic amines) is 1. The zero-order valence-corrected chi connectivity index (χ0v) is 13.1. The normalized spacial score (nSPS) is 14.2. The van der Waals surface area contributed by atoms with E-state index in [0.29, 0.717) is 47.8 Å². The zero-order chi connectivity index (χ0) is 16.5. The van der Waals surface area contributed by atoms with Gasteiger partial charge in [-0.05, 0) is 37.0 Å². The lowest BCUT2D eigenvalue weighted by Crippen LogP contribution is -2.37. The van der Waals surface area contributed by atoms with Gasteiger partial charge in [0.1, 0.15) is 6.17 Å². The summed E-state index contributed by atoms with van der Waals surface area (Å²) in [5, 5.41) is 9.44. The number of amides is 1. The minimum Gasteiger partial charge on any atom is -0.465 e. The summed E-state index contributed by atoms with van der Waals surface area (Å²) in [6, 6.07) is 4.92. The quantitative estimate of drug-likeness (QED) is 0.576. The molecule has 22 heavy (non-hydrogen) atoms. The number of nitrogens with zero attached hydrogens (tertiary/aromatic N) is 1. The molecule has 7 heteroatoms. The molecular weight excluding hydrogens is 332 g/mol. The Balaban J connectivity index is 0.000000224. The first-order valence-corrected chi connectivity index (χ1v) is 7.21. The van der Waals surface area contributed by atoms with E-state index in [2.05, 4.69) is 11.8 Å². The average molecular weight is 346 g/mol. The van der Waals surface area contributed by atoms with Crippen LogP contribution in [0.2, 0.25) is 10.0 Å². The molecule has 0 aliphatic carbocycles. The number of piperidine rings is 1. The third-order valence-electron chi connectivity index (χ3n) is 2.89. The lowest BCUT2D eigenvalue weighted by atomic mass is 10.1. The Hall–Kier alpha value is -1.77. The van der Waals surface area contributed by atoms with Gasteiger partial charge in [0.25, 0.3) is 0 Å². The maximum atomic E-state index is 12.4. The number of alkyl halides is 1. The van der Waals surface area contributed by atoms with Gasteiger partial charge in [0.15, 0.2) is 6.29 Å². The van der Waals surface area contributed by atoms with Crippen molar-refractivity contribution in [3.63, 3.8) is 0 Å². The fourth-order valence-corrected chi connectivity index (χ4v) is 2.19. The average Bonchev–Trinajstić information content (AvgIpc) is 2.47. The van der Waals surface area contributed by atoms with E-state index in [1.165, 1.54) is 4.90 Å². The molecule has 0 aromatic heterocycles. The Kier molecular flexibility index (Phi) is 7.72. The van der Waals surface area contributed by atoms with Crippen LogP contribution in [0.4, 0.5) is 9.18 Å². The van der Waals surface area contributed by atoms with Crippen LogP contribution in [0.15, 0.2) is 18.2 Å². The molecule has 1 aliphatic rings. The van der Waals surface area contributed by atoms with Crippen LogP contribution in [0, 0.1) is 11.8 Å². The molecule has 1 fully saturated rings. The van der Waals surface area contributed by atoms with Crippen molar-refractivity contribution in [2.75, 3.05) is 13.1 Å². The van der Waals surface area contributed by atoms with E-state index in [9.17, 15) is 14.0 Å². The molecule has 1 N–H and O–H groups in total. The van der Waals surface area contributed by atoms with Crippen molar-refractivity contribution in [2.45, 2.75) is 19.0 Å². The minimum atomic E-state index is -0.938. The molecule has 0 unspecified atom stereocenters. The molecule has 0 atom stereocenters. The van der Waals surface area contributed by atoms with Crippen molar-refractivity contribution < 1.29 is 19.1 Å². The highest BCUT2D eigenvalue weighted by Gasteiger charge is 2.21. The van der Waals surface area contributed by atoms with Crippen molar-refractivity contribution in [3.05, 3.63) is 33.8 Å². The fraction of sp³-hybridized carbons (Fsp3) is 0.333. The van der Waals surface area contributed by atoms with E-state index in [4.69, 9.17) is 28.3 Å². The molecular formula is C15H14Cl2FNO3. The zero-order valence-electron chi connectivity index (χ0n) is 11.6. The molecule has 4 nitrogen and oxygen atoms in total. The van der Waals surface area contributed by atoms with Crippen molar-refractivity contribution in [2.24, 2.45) is 0 Å². The molecule has 1 heterocycles. The van der Waals surface area contributed by atoms with Gasteiger partial charge in [-0.1, -0.05) is 29.1 Å². The predicted octanol–water partition coefficient (Wildman–Crippen LogP) is 3.64. The molecule has 2 rings (SSSR count). The largest absolute Gasteiger partial charge is 0.465 e. The second kappa shape index (κ2) is 9.29. The standard InChI is InChI=1S/C9H4Cl2O.C6H10FNO2/c10-8-4-3-7(2-1-5-12)9(11)6-8;7-5-1-3-8(4-2-5)6(9)10/h3-6H;5H,1-4H2,(H,9,10). The minimum absolute atomic E-state index is 0.344. The Morgan fingerprint density at radius 3 is 2.50 bits per heavy atom. The second-order valence-corrected chi connectivity index (χ2v) is 5.30. The van der Waals surface area contributed by atoms with Gasteiger partial charge in [-0.2, -0.15) is 0 Å². The highest BCUT2D eigenvalue weighted by Crippen LogP contribution is 2.19. The topological polar surface area (TPSA) is 57.6 Å². The van der Waals surface area contributed by atoms with E-state index in [0.717, 1.165) is 0 Å². The number of hydrogen-bond donors (Lipinski definition) is 1. The summed E-state index contributed by atoms with van der Waals surface area (Å²) in [7, 11) is 0. The highest BCUT2D eigenvalue weighted by atomic mass is 35.5. The first-order valence-electron chi connectivity index (χ1n) is 6.46. The number of carbonyl (C=O) groups excluding carboxylic acids is 1. The van der Waals surface area contributed by atoms with E-state index in [1.807, 2.05) is 0 Å². The maximum Gasteiger partial charge on any atom is 0.407 e. The smallest absolute Gasteiger partial charge is 0.407 e. The van der Waals surface area contributed by atoms with Gasteiger partial charge in [0.05, 0.1) is 5.02 Å². The summed E-state index contributed by atoms with van der Waals surface area (Å²) in [4.78, 5) is 21.4. The van der Waals surface area contributed by atoms with Gasteiger partial charge in [-0.15, -0.1) is 0 Å². The third kappa shape index (κ3) is 6.33. The molecule has 1 amide bonds. The van der Waals surface area contributed by atoms with Crippen molar-refractivity contribution >= 4 is 35.6 Å². The SMILES string of the molecule is O=C(O)N1CCC(F)CC1.O=CC#Cc1ccc(Cl)cc1Cl. The summed E-state index contributed by atoms with van der Waals surface area (Å²) in [6.45, 7) is 0.688. The number of carboxylic acid groups (broad SMARTS) is 1. The van der Waals surface area contributed by atoms with E-state index < -0.39 is 12.3 Å². The van der Waals surface area contributed by atoms with Crippen LogP contribution in [0.3, 0.4) is 0 Å². The first kappa shape index (κ1) is 18.3. The van der Waals surface area contributed by atoms with Crippen LogP contribution in [-0.2, 0) is 4.79 Å². The Labute approximate surface area is 137 Å². The van der Waals surface area contributed by atoms with Gasteiger partial charge >= 0.3 is 6.09 Å². The summed E-state index contributed by atoms with van der Waals surface area (Å²) in [5.74, 6) is 4.85. The molecule has 0 saturated carbocycles. The first-order chi connectivity index (χ1) is 10.4. The number of benzene rings is 1. The van der Waals surface area contributed by atoms with Gasteiger partial charge < -0.3 is 10.0 Å². The monoisotopic (exact) mass is 345 g/mol. The van der Waals surface area contributed by atoms with Crippen LogP contribution >= 0.6 is 23.2 Å². The van der Waals surface area contributed by atoms with Crippen LogP contribution in [0.25, 0.3) is 0 Å². The van der Waals surface area contributed by atoms with Gasteiger partial charge in [-0.25, -0.2) is 9.18 Å². The molecule has 0 spiro atoms. The van der Waals surface area contributed by atoms with Crippen molar-refractivity contribution in [1.82, 2.24) is 4.90 Å². The summed E-state index contributed by atoms with van der Waals surface area (Å²) < 4.78 is 12.4. The Morgan fingerprint density at radius 1 is 1.36 bits per heavy atom. The van der Waals surface area contributed by atoms with Gasteiger partial charge in [0, 0.05) is 23.7 Å². The lowest BCUT2D eigenvalue weighted by Gasteiger charge is -2.25. The molecule has 0 bridgehead atoms. The molecule has 1 aromatic rings. The number of hydrogen-bond acceptors (Lipinski definition) is 2. The number of halogens is 3. The van der Waals surface area contributed by atoms with E-state index in [1.54, 1.807) is 18.2 Å². The van der Waals surface area contributed by atoms with Crippen LogP contribution in [0.1, 0.15) is 18.4 Å². The van der Waals surface area contributed by atoms with Gasteiger partial charge in [-0.3, -0.25) is 4.79 Å². The molecule has 0 radical (unpaired) electrons. The van der Waals surface area contributed by atoms with E-state index in [-0.39, 0.29) is 0 Å². The fourth-order valence-electron chi connectivity index (χ4n) is 1.74. The second-order valence-electron chi connectivity index (χ2n) is 4.46. The van der Waals surface area contributed by atoms with E-state index >= 15 is 0 Å². The highest BCUT2D eigenvalue weighted by molar-refractivity contribution is 6.35.